The second kappa shape index (κ2) is 9.15. The van der Waals surface area contributed by atoms with E-state index in [0.29, 0.717) is 32.4 Å². The van der Waals surface area contributed by atoms with Gasteiger partial charge >= 0.3 is 5.97 Å². The van der Waals surface area contributed by atoms with E-state index in [2.05, 4.69) is 5.32 Å². The summed E-state index contributed by atoms with van der Waals surface area (Å²) in [7, 11) is 0. The number of carbonyl (C=O) groups excluding carboxylic acids is 2. The average Bonchev–Trinajstić information content (AvgIpc) is 2.24. The molecule has 5 nitrogen and oxygen atoms in total. The molecule has 3 N–H and O–H groups in total. The highest BCUT2D eigenvalue weighted by Crippen LogP contribution is 1.94. The number of hydrogen-bond acceptors (Lipinski definition) is 4. The summed E-state index contributed by atoms with van der Waals surface area (Å²) in [5, 5.41) is 2.69. The molecule has 5 heteroatoms. The van der Waals surface area contributed by atoms with Crippen molar-refractivity contribution in [2.75, 3.05) is 13.2 Å². The summed E-state index contributed by atoms with van der Waals surface area (Å²) in [6.45, 7) is 4.61. The first kappa shape index (κ1) is 14.9. The van der Waals surface area contributed by atoms with Gasteiger partial charge in [0.2, 0.25) is 5.91 Å². The van der Waals surface area contributed by atoms with Crippen LogP contribution in [0.5, 0.6) is 0 Å². The standard InChI is InChI=1S/C11H22N2O3/c1-3-6-9(12)11(15)13-8-5-7-10(14)16-4-2/h9H,3-8,12H2,1-2H3,(H,13,15)/t9-/m0/s1. The molecule has 1 atom stereocenters. The van der Waals surface area contributed by atoms with Crippen LogP contribution in [0.3, 0.4) is 0 Å². The number of rotatable bonds is 8. The van der Waals surface area contributed by atoms with Gasteiger partial charge in [-0.1, -0.05) is 13.3 Å². The van der Waals surface area contributed by atoms with Crippen molar-refractivity contribution >= 4 is 11.9 Å². The number of ether oxygens (including phenoxy) is 1. The quantitative estimate of drug-likeness (QED) is 0.472. The largest absolute Gasteiger partial charge is 0.466 e. The highest BCUT2D eigenvalue weighted by atomic mass is 16.5. The van der Waals surface area contributed by atoms with Crippen LogP contribution in [-0.2, 0) is 14.3 Å². The predicted molar refractivity (Wildman–Crippen MR) is 61.8 cm³/mol. The Morgan fingerprint density at radius 1 is 1.38 bits per heavy atom. The normalized spacial score (nSPS) is 11.9. The summed E-state index contributed by atoms with van der Waals surface area (Å²) in [6.07, 6.45) is 2.49. The lowest BCUT2D eigenvalue weighted by Crippen LogP contribution is -2.40. The van der Waals surface area contributed by atoms with Gasteiger partial charge in [-0.05, 0) is 19.8 Å². The molecule has 0 aromatic rings. The third-order valence-electron chi connectivity index (χ3n) is 2.10. The minimum Gasteiger partial charge on any atom is -0.466 e. The average molecular weight is 230 g/mol. The second-order valence-corrected chi connectivity index (χ2v) is 3.59. The maximum Gasteiger partial charge on any atom is 0.305 e. The number of esters is 1. The molecule has 0 saturated carbocycles. The molecule has 0 saturated heterocycles. The van der Waals surface area contributed by atoms with Gasteiger partial charge in [-0.25, -0.2) is 0 Å². The Balaban J connectivity index is 3.51. The first-order valence-corrected chi connectivity index (χ1v) is 5.80. The Morgan fingerprint density at radius 3 is 2.62 bits per heavy atom. The number of amides is 1. The molecule has 0 aliphatic carbocycles. The van der Waals surface area contributed by atoms with E-state index in [4.69, 9.17) is 10.5 Å². The summed E-state index contributed by atoms with van der Waals surface area (Å²) in [4.78, 5) is 22.3. The second-order valence-electron chi connectivity index (χ2n) is 3.59. The fraction of sp³-hybridized carbons (Fsp3) is 0.818. The topological polar surface area (TPSA) is 81.4 Å². The minimum absolute atomic E-state index is 0.147. The van der Waals surface area contributed by atoms with E-state index in [1.165, 1.54) is 0 Å². The van der Waals surface area contributed by atoms with Crippen LogP contribution in [0, 0.1) is 0 Å². The molecule has 16 heavy (non-hydrogen) atoms. The Labute approximate surface area is 96.7 Å². The molecule has 0 fully saturated rings. The van der Waals surface area contributed by atoms with Crippen molar-refractivity contribution in [2.45, 2.75) is 45.6 Å². The summed E-state index contributed by atoms with van der Waals surface area (Å²) in [5.41, 5.74) is 5.61. The fourth-order valence-corrected chi connectivity index (χ4v) is 1.25. The van der Waals surface area contributed by atoms with Crippen LogP contribution in [0.1, 0.15) is 39.5 Å². The zero-order chi connectivity index (χ0) is 12.4. The van der Waals surface area contributed by atoms with Gasteiger partial charge in [0.25, 0.3) is 0 Å². The van der Waals surface area contributed by atoms with E-state index in [-0.39, 0.29) is 11.9 Å². The molecular formula is C11H22N2O3. The van der Waals surface area contributed by atoms with Gasteiger partial charge < -0.3 is 15.8 Å². The first-order valence-electron chi connectivity index (χ1n) is 5.80. The molecule has 1 amide bonds. The maximum absolute atomic E-state index is 11.4. The van der Waals surface area contributed by atoms with Gasteiger partial charge in [0, 0.05) is 13.0 Å². The van der Waals surface area contributed by atoms with Crippen molar-refractivity contribution in [2.24, 2.45) is 5.73 Å². The van der Waals surface area contributed by atoms with Crippen LogP contribution in [0.2, 0.25) is 0 Å². The van der Waals surface area contributed by atoms with Crippen LogP contribution >= 0.6 is 0 Å². The van der Waals surface area contributed by atoms with Crippen LogP contribution in [-0.4, -0.2) is 31.1 Å². The van der Waals surface area contributed by atoms with Crippen LogP contribution in [0.4, 0.5) is 0 Å². The van der Waals surface area contributed by atoms with Crippen molar-refractivity contribution in [1.82, 2.24) is 5.32 Å². The van der Waals surface area contributed by atoms with Crippen molar-refractivity contribution in [3.63, 3.8) is 0 Å². The highest BCUT2D eigenvalue weighted by Gasteiger charge is 2.11. The van der Waals surface area contributed by atoms with Crippen LogP contribution in [0.25, 0.3) is 0 Å². The molecule has 0 aromatic heterocycles. The van der Waals surface area contributed by atoms with Gasteiger partial charge in [0.05, 0.1) is 12.6 Å². The maximum atomic E-state index is 11.4. The van der Waals surface area contributed by atoms with E-state index in [0.717, 1.165) is 6.42 Å². The zero-order valence-electron chi connectivity index (χ0n) is 10.1. The number of hydrogen-bond donors (Lipinski definition) is 2. The zero-order valence-corrected chi connectivity index (χ0v) is 10.1. The number of nitrogens with one attached hydrogen (secondary N) is 1. The Bertz CT molecular complexity index is 219. The number of nitrogens with two attached hydrogens (primary N) is 1. The van der Waals surface area contributed by atoms with E-state index >= 15 is 0 Å². The van der Waals surface area contributed by atoms with E-state index in [1.807, 2.05) is 6.92 Å². The molecule has 0 heterocycles. The van der Waals surface area contributed by atoms with Crippen molar-refractivity contribution in [3.05, 3.63) is 0 Å². The summed E-state index contributed by atoms with van der Waals surface area (Å²) in [5.74, 6) is -0.375. The summed E-state index contributed by atoms with van der Waals surface area (Å²) in [6, 6.07) is -0.437. The first-order chi connectivity index (χ1) is 7.61. The molecule has 0 aliphatic rings. The van der Waals surface area contributed by atoms with Crippen molar-refractivity contribution in [3.8, 4) is 0 Å². The lowest BCUT2D eigenvalue weighted by Gasteiger charge is -2.10. The van der Waals surface area contributed by atoms with Crippen molar-refractivity contribution < 1.29 is 14.3 Å². The molecule has 0 unspecified atom stereocenters. The molecule has 94 valence electrons. The smallest absolute Gasteiger partial charge is 0.305 e. The fourth-order valence-electron chi connectivity index (χ4n) is 1.25. The van der Waals surface area contributed by atoms with Gasteiger partial charge in [-0.2, -0.15) is 0 Å². The molecule has 0 aromatic carbocycles. The van der Waals surface area contributed by atoms with E-state index in [1.54, 1.807) is 6.92 Å². The SMILES string of the molecule is CCC[C@H](N)C(=O)NCCCC(=O)OCC. The third-order valence-corrected chi connectivity index (χ3v) is 2.10. The molecule has 0 radical (unpaired) electrons. The lowest BCUT2D eigenvalue weighted by molar-refractivity contribution is -0.143. The van der Waals surface area contributed by atoms with E-state index < -0.39 is 6.04 Å². The van der Waals surface area contributed by atoms with Gasteiger partial charge in [-0.3, -0.25) is 9.59 Å². The molecule has 0 aliphatic heterocycles. The third kappa shape index (κ3) is 7.23. The van der Waals surface area contributed by atoms with Crippen molar-refractivity contribution in [1.29, 1.82) is 0 Å². The molecule has 0 rings (SSSR count). The Morgan fingerprint density at radius 2 is 2.06 bits per heavy atom. The molecular weight excluding hydrogens is 208 g/mol. The summed E-state index contributed by atoms with van der Waals surface area (Å²) < 4.78 is 4.76. The van der Waals surface area contributed by atoms with Gasteiger partial charge in [-0.15, -0.1) is 0 Å². The lowest BCUT2D eigenvalue weighted by atomic mass is 10.1. The van der Waals surface area contributed by atoms with E-state index in [9.17, 15) is 9.59 Å². The van der Waals surface area contributed by atoms with Gasteiger partial charge in [0.1, 0.15) is 0 Å². The van der Waals surface area contributed by atoms with Crippen LogP contribution in [0.15, 0.2) is 0 Å². The summed E-state index contributed by atoms with van der Waals surface area (Å²) >= 11 is 0. The minimum atomic E-state index is -0.437. The van der Waals surface area contributed by atoms with Gasteiger partial charge in [0.15, 0.2) is 0 Å². The Hall–Kier alpha value is -1.10. The molecule has 0 bridgehead atoms. The number of carbonyl (C=O) groups is 2. The molecule has 0 spiro atoms. The van der Waals surface area contributed by atoms with Crippen LogP contribution < -0.4 is 11.1 Å². The predicted octanol–water partition coefficient (Wildman–Crippen LogP) is 0.573. The Kier molecular flexibility index (Phi) is 8.52. The highest BCUT2D eigenvalue weighted by molar-refractivity contribution is 5.81. The monoisotopic (exact) mass is 230 g/mol.